The van der Waals surface area contributed by atoms with Gasteiger partial charge in [0, 0.05) is 43.7 Å². The van der Waals surface area contributed by atoms with Gasteiger partial charge in [-0.1, -0.05) is 0 Å². The predicted molar refractivity (Wildman–Crippen MR) is 108 cm³/mol. The predicted octanol–water partition coefficient (Wildman–Crippen LogP) is 1.98. The molecule has 8 heteroatoms. The zero-order valence-electron chi connectivity index (χ0n) is 15.7. The van der Waals surface area contributed by atoms with Crippen molar-refractivity contribution in [2.45, 2.75) is 6.42 Å². The fourth-order valence-electron chi connectivity index (χ4n) is 3.78. The van der Waals surface area contributed by atoms with Gasteiger partial charge in [-0.15, -0.1) is 0 Å². The number of pyridine rings is 1. The fourth-order valence-corrected chi connectivity index (χ4v) is 3.78. The van der Waals surface area contributed by atoms with Crippen molar-refractivity contribution in [3.63, 3.8) is 0 Å². The first-order chi connectivity index (χ1) is 13.7. The second-order valence-electron chi connectivity index (χ2n) is 7.28. The number of hydrogen-bond acceptors (Lipinski definition) is 6. The van der Waals surface area contributed by atoms with Crippen molar-refractivity contribution in [2.24, 2.45) is 18.7 Å². The molecule has 0 spiro atoms. The van der Waals surface area contributed by atoms with Crippen LogP contribution in [0.15, 0.2) is 49.2 Å². The van der Waals surface area contributed by atoms with Gasteiger partial charge in [-0.2, -0.15) is 10.2 Å². The molecule has 5 heterocycles. The molecule has 0 amide bonds. The molecule has 142 valence electrons. The maximum atomic E-state index is 5.81. The minimum absolute atomic E-state index is 0.561. The number of fused-ring (bicyclic) bond motifs is 1. The van der Waals surface area contributed by atoms with Gasteiger partial charge in [-0.3, -0.25) is 4.68 Å². The van der Waals surface area contributed by atoms with E-state index in [0.29, 0.717) is 5.92 Å². The molecule has 0 aliphatic carbocycles. The van der Waals surface area contributed by atoms with Crippen LogP contribution in [0.4, 0.5) is 5.82 Å². The molecular formula is C20H22N8. The lowest BCUT2D eigenvalue weighted by molar-refractivity contribution is 0.602. The van der Waals surface area contributed by atoms with Gasteiger partial charge in [-0.25, -0.2) is 14.5 Å². The Kier molecular flexibility index (Phi) is 4.05. The summed E-state index contributed by atoms with van der Waals surface area (Å²) in [6, 6.07) is 6.12. The monoisotopic (exact) mass is 374 g/mol. The molecule has 1 saturated heterocycles. The van der Waals surface area contributed by atoms with Crippen molar-refractivity contribution in [3.05, 3.63) is 49.2 Å². The van der Waals surface area contributed by atoms with Gasteiger partial charge in [0.05, 0.1) is 35.5 Å². The molecule has 8 nitrogen and oxygen atoms in total. The second kappa shape index (κ2) is 6.72. The highest BCUT2D eigenvalue weighted by Crippen LogP contribution is 2.28. The maximum Gasteiger partial charge on any atom is 0.128 e. The number of aromatic nitrogens is 6. The number of nitrogens with two attached hydrogens (primary N) is 1. The van der Waals surface area contributed by atoms with E-state index in [1.54, 1.807) is 10.9 Å². The van der Waals surface area contributed by atoms with E-state index >= 15 is 0 Å². The number of hydrogen-bond donors (Lipinski definition) is 1. The third-order valence-electron chi connectivity index (χ3n) is 5.35. The van der Waals surface area contributed by atoms with Crippen LogP contribution in [0.2, 0.25) is 0 Å². The molecule has 0 bridgehead atoms. The van der Waals surface area contributed by atoms with Crippen molar-refractivity contribution in [1.29, 1.82) is 0 Å². The molecule has 0 aromatic carbocycles. The summed E-state index contributed by atoms with van der Waals surface area (Å²) >= 11 is 0. The van der Waals surface area contributed by atoms with E-state index < -0.39 is 0 Å². The summed E-state index contributed by atoms with van der Waals surface area (Å²) in [5.41, 5.74) is 10.4. The molecule has 1 aliphatic heterocycles. The molecule has 1 atom stereocenters. The number of anilines is 1. The molecule has 0 radical (unpaired) electrons. The van der Waals surface area contributed by atoms with E-state index in [9.17, 15) is 0 Å². The minimum atomic E-state index is 0.561. The van der Waals surface area contributed by atoms with E-state index in [1.807, 2.05) is 42.4 Å². The first kappa shape index (κ1) is 16.9. The molecule has 5 rings (SSSR count). The minimum Gasteiger partial charge on any atom is -0.356 e. The van der Waals surface area contributed by atoms with Gasteiger partial charge < -0.3 is 10.6 Å². The first-order valence-electron chi connectivity index (χ1n) is 9.46. The lowest BCUT2D eigenvalue weighted by Crippen LogP contribution is -2.23. The highest BCUT2D eigenvalue weighted by Gasteiger charge is 2.22. The zero-order chi connectivity index (χ0) is 19.1. The van der Waals surface area contributed by atoms with E-state index in [0.717, 1.165) is 59.9 Å². The van der Waals surface area contributed by atoms with Crippen LogP contribution >= 0.6 is 0 Å². The van der Waals surface area contributed by atoms with Gasteiger partial charge in [0.15, 0.2) is 0 Å². The Morgan fingerprint density at radius 3 is 2.75 bits per heavy atom. The summed E-state index contributed by atoms with van der Waals surface area (Å²) in [5, 5.41) is 8.66. The SMILES string of the molecule is Cn1cc(-c2cn3nccc3c(-c3ccc(N4CC[C@H](CN)C4)nc3)n2)cn1. The zero-order valence-corrected chi connectivity index (χ0v) is 15.7. The van der Waals surface area contributed by atoms with Gasteiger partial charge in [-0.05, 0) is 37.1 Å². The summed E-state index contributed by atoms with van der Waals surface area (Å²) in [5.74, 6) is 1.55. The Bertz CT molecular complexity index is 1110. The van der Waals surface area contributed by atoms with Crippen molar-refractivity contribution in [1.82, 2.24) is 29.4 Å². The van der Waals surface area contributed by atoms with Crippen LogP contribution in [-0.2, 0) is 7.05 Å². The Balaban J connectivity index is 1.52. The summed E-state index contributed by atoms with van der Waals surface area (Å²) in [6.07, 6.45) is 10.5. The summed E-state index contributed by atoms with van der Waals surface area (Å²) in [7, 11) is 1.90. The summed E-state index contributed by atoms with van der Waals surface area (Å²) in [6.45, 7) is 2.72. The van der Waals surface area contributed by atoms with Crippen LogP contribution in [0.3, 0.4) is 0 Å². The van der Waals surface area contributed by atoms with E-state index in [1.165, 1.54) is 0 Å². The first-order valence-corrected chi connectivity index (χ1v) is 9.46. The van der Waals surface area contributed by atoms with Crippen LogP contribution in [0, 0.1) is 5.92 Å². The Morgan fingerprint density at radius 1 is 1.11 bits per heavy atom. The molecule has 4 aromatic rings. The maximum absolute atomic E-state index is 5.81. The Hall–Kier alpha value is -3.26. The largest absolute Gasteiger partial charge is 0.356 e. The average molecular weight is 374 g/mol. The van der Waals surface area contributed by atoms with Crippen LogP contribution in [0.25, 0.3) is 28.0 Å². The third kappa shape index (κ3) is 2.91. The van der Waals surface area contributed by atoms with Crippen LogP contribution < -0.4 is 10.6 Å². The van der Waals surface area contributed by atoms with Gasteiger partial charge >= 0.3 is 0 Å². The highest BCUT2D eigenvalue weighted by atomic mass is 15.2. The quantitative estimate of drug-likeness (QED) is 0.587. The average Bonchev–Trinajstić information content (AvgIpc) is 3.47. The fraction of sp³-hybridized carbons (Fsp3) is 0.300. The smallest absolute Gasteiger partial charge is 0.128 e. The van der Waals surface area contributed by atoms with Crippen LogP contribution in [0.5, 0.6) is 0 Å². The van der Waals surface area contributed by atoms with Crippen molar-refractivity contribution < 1.29 is 0 Å². The topological polar surface area (TPSA) is 90.2 Å². The molecule has 2 N–H and O–H groups in total. The Morgan fingerprint density at radius 2 is 2.04 bits per heavy atom. The molecular weight excluding hydrogens is 352 g/mol. The van der Waals surface area contributed by atoms with Crippen molar-refractivity contribution in [3.8, 4) is 22.5 Å². The van der Waals surface area contributed by atoms with Crippen molar-refractivity contribution in [2.75, 3.05) is 24.5 Å². The second-order valence-corrected chi connectivity index (χ2v) is 7.28. The number of aryl methyl sites for hydroxylation is 1. The molecule has 0 unspecified atom stereocenters. The highest BCUT2D eigenvalue weighted by molar-refractivity contribution is 5.78. The normalized spacial score (nSPS) is 16.9. The lowest BCUT2D eigenvalue weighted by atomic mass is 10.1. The van der Waals surface area contributed by atoms with E-state index in [2.05, 4.69) is 27.2 Å². The molecule has 1 fully saturated rings. The van der Waals surface area contributed by atoms with E-state index in [4.69, 9.17) is 15.7 Å². The van der Waals surface area contributed by atoms with Gasteiger partial charge in [0.1, 0.15) is 5.82 Å². The summed E-state index contributed by atoms with van der Waals surface area (Å²) in [4.78, 5) is 11.9. The lowest BCUT2D eigenvalue weighted by Gasteiger charge is -2.17. The Labute approximate surface area is 162 Å². The van der Waals surface area contributed by atoms with Gasteiger partial charge in [0.2, 0.25) is 0 Å². The van der Waals surface area contributed by atoms with E-state index in [-0.39, 0.29) is 0 Å². The molecule has 1 aliphatic rings. The molecule has 28 heavy (non-hydrogen) atoms. The van der Waals surface area contributed by atoms with Crippen LogP contribution in [-0.4, -0.2) is 49.0 Å². The van der Waals surface area contributed by atoms with Gasteiger partial charge in [0.25, 0.3) is 0 Å². The van der Waals surface area contributed by atoms with Crippen LogP contribution in [0.1, 0.15) is 6.42 Å². The molecule has 4 aromatic heterocycles. The third-order valence-corrected chi connectivity index (χ3v) is 5.35. The molecule has 0 saturated carbocycles. The summed E-state index contributed by atoms with van der Waals surface area (Å²) < 4.78 is 3.62. The number of nitrogens with zero attached hydrogens (tertiary/aromatic N) is 7. The standard InChI is InChI=1S/C20H22N8/c1-26-12-16(10-24-26)17-13-28-18(4-6-23-28)20(25-17)15-2-3-19(22-9-15)27-7-5-14(8-21)11-27/h2-4,6,9-10,12-14H,5,7-8,11,21H2,1H3/t14-/m1/s1. The number of rotatable bonds is 4. The van der Waals surface area contributed by atoms with Crippen molar-refractivity contribution >= 4 is 11.3 Å².